The first-order chi connectivity index (χ1) is 10.2. The second-order valence-electron chi connectivity index (χ2n) is 4.46. The van der Waals surface area contributed by atoms with E-state index in [1.54, 1.807) is 6.07 Å². The number of nitrogens with one attached hydrogen (secondary N) is 1. The average molecular weight is 312 g/mol. The van der Waals surface area contributed by atoms with Crippen molar-refractivity contribution in [1.82, 2.24) is 4.98 Å². The van der Waals surface area contributed by atoms with E-state index in [4.69, 9.17) is 10.4 Å². The van der Waals surface area contributed by atoms with E-state index < -0.39 is 29.9 Å². The van der Waals surface area contributed by atoms with Crippen molar-refractivity contribution < 1.29 is 27.5 Å². The fourth-order valence-electron chi connectivity index (χ4n) is 2.02. The molecule has 0 unspecified atom stereocenters. The Morgan fingerprint density at radius 3 is 2.55 bits per heavy atom. The molecule has 0 saturated heterocycles. The Hall–Kier alpha value is -2.82. The average Bonchev–Trinajstić information content (AvgIpc) is 2.78. The minimum absolute atomic E-state index is 0.0174. The van der Waals surface area contributed by atoms with Gasteiger partial charge < -0.3 is 10.1 Å². The van der Waals surface area contributed by atoms with Crippen LogP contribution in [0.5, 0.6) is 0 Å². The second-order valence-corrected chi connectivity index (χ2v) is 4.46. The Kier molecular flexibility index (Phi) is 3.91. The Balaban J connectivity index is 2.58. The Bertz CT molecular complexity index is 772. The van der Waals surface area contributed by atoms with Gasteiger partial charge in [0.15, 0.2) is 0 Å². The van der Waals surface area contributed by atoms with Gasteiger partial charge in [-0.25, -0.2) is 4.39 Å². The number of carbonyl (C=O) groups is 1. The molecular formula is C14H8F4N2O2. The zero-order valence-corrected chi connectivity index (χ0v) is 10.8. The number of nitrogens with zero attached hydrogens (tertiary/aromatic N) is 1. The minimum Gasteiger partial charge on any atom is -0.481 e. The summed E-state index contributed by atoms with van der Waals surface area (Å²) in [5.74, 6) is -2.31. The highest BCUT2D eigenvalue weighted by Gasteiger charge is 2.31. The van der Waals surface area contributed by atoms with Crippen LogP contribution in [0.2, 0.25) is 0 Å². The molecule has 0 atom stereocenters. The molecule has 0 aliphatic rings. The van der Waals surface area contributed by atoms with Gasteiger partial charge in [-0.05, 0) is 23.8 Å². The number of aromatic amines is 1. The summed E-state index contributed by atoms with van der Waals surface area (Å²) >= 11 is 0. The topological polar surface area (TPSA) is 76.9 Å². The molecule has 2 N–H and O–H groups in total. The number of carboxylic acid groups (broad SMARTS) is 1. The van der Waals surface area contributed by atoms with E-state index in [2.05, 4.69) is 4.98 Å². The van der Waals surface area contributed by atoms with E-state index in [-0.39, 0.29) is 22.4 Å². The maximum atomic E-state index is 13.4. The van der Waals surface area contributed by atoms with Crippen LogP contribution in [0.15, 0.2) is 24.4 Å². The highest BCUT2D eigenvalue weighted by atomic mass is 19.4. The lowest BCUT2D eigenvalue weighted by atomic mass is 10.0. The van der Waals surface area contributed by atoms with Gasteiger partial charge in [0.25, 0.3) is 0 Å². The van der Waals surface area contributed by atoms with Crippen LogP contribution in [0.3, 0.4) is 0 Å². The molecule has 0 spiro atoms. The molecule has 4 nitrogen and oxygen atoms in total. The molecule has 22 heavy (non-hydrogen) atoms. The lowest BCUT2D eigenvalue weighted by Gasteiger charge is -2.09. The number of aliphatic carboxylic acids is 1. The van der Waals surface area contributed by atoms with Crippen LogP contribution < -0.4 is 0 Å². The molecule has 2 rings (SSSR count). The molecule has 0 fully saturated rings. The molecule has 8 heteroatoms. The van der Waals surface area contributed by atoms with E-state index in [0.29, 0.717) is 12.1 Å². The smallest absolute Gasteiger partial charge is 0.416 e. The van der Waals surface area contributed by atoms with E-state index in [1.807, 2.05) is 0 Å². The van der Waals surface area contributed by atoms with E-state index in [0.717, 1.165) is 6.07 Å². The molecule has 0 bridgehead atoms. The Morgan fingerprint density at radius 1 is 1.32 bits per heavy atom. The van der Waals surface area contributed by atoms with Gasteiger partial charge in [0.05, 0.1) is 17.5 Å². The first kappa shape index (κ1) is 15.6. The molecule has 2 aromatic rings. The maximum Gasteiger partial charge on any atom is 0.416 e. The first-order valence-corrected chi connectivity index (χ1v) is 5.92. The Labute approximate surface area is 121 Å². The van der Waals surface area contributed by atoms with E-state index in [9.17, 15) is 22.4 Å². The molecule has 1 aromatic carbocycles. The molecule has 0 radical (unpaired) electrons. The molecule has 0 amide bonds. The fourth-order valence-corrected chi connectivity index (χ4v) is 2.02. The summed E-state index contributed by atoms with van der Waals surface area (Å²) in [5.41, 5.74) is -1.41. The van der Waals surface area contributed by atoms with Crippen molar-refractivity contribution >= 4 is 5.97 Å². The lowest BCUT2D eigenvalue weighted by Crippen LogP contribution is -2.05. The normalized spacial score (nSPS) is 11.2. The number of hydrogen-bond acceptors (Lipinski definition) is 2. The minimum atomic E-state index is -4.73. The number of aromatic nitrogens is 1. The lowest BCUT2D eigenvalue weighted by molar-refractivity contribution is -0.138. The standard InChI is InChI=1S/C14H8F4N2O2/c15-9-2-7(1-8(3-9)14(16,17)18)11-6-20-12(4-13(21)22)10(11)5-19/h1-3,6,20H,4H2,(H,21,22). The number of benzene rings is 1. The largest absolute Gasteiger partial charge is 0.481 e. The van der Waals surface area contributed by atoms with Crippen molar-refractivity contribution in [2.75, 3.05) is 0 Å². The predicted octanol–water partition coefficient (Wildman–Crippen LogP) is 3.34. The first-order valence-electron chi connectivity index (χ1n) is 5.92. The molecule has 114 valence electrons. The predicted molar refractivity (Wildman–Crippen MR) is 67.2 cm³/mol. The quantitative estimate of drug-likeness (QED) is 0.853. The monoisotopic (exact) mass is 312 g/mol. The van der Waals surface area contributed by atoms with Crippen LogP contribution >= 0.6 is 0 Å². The fraction of sp³-hybridized carbons (Fsp3) is 0.143. The zero-order valence-electron chi connectivity index (χ0n) is 10.8. The van der Waals surface area contributed by atoms with Crippen LogP contribution in [-0.4, -0.2) is 16.1 Å². The molecule has 1 aromatic heterocycles. The summed E-state index contributed by atoms with van der Waals surface area (Å²) < 4.78 is 51.5. The number of alkyl halides is 3. The van der Waals surface area contributed by atoms with Crippen LogP contribution in [-0.2, 0) is 17.4 Å². The molecular weight excluding hydrogens is 304 g/mol. The van der Waals surface area contributed by atoms with Gasteiger partial charge >= 0.3 is 12.1 Å². The molecule has 1 heterocycles. The van der Waals surface area contributed by atoms with Crippen molar-refractivity contribution in [3.05, 3.63) is 47.0 Å². The SMILES string of the molecule is N#Cc1c(-c2cc(F)cc(C(F)(F)F)c2)c[nH]c1CC(=O)O. The van der Waals surface area contributed by atoms with Crippen molar-refractivity contribution in [1.29, 1.82) is 5.26 Å². The van der Waals surface area contributed by atoms with Crippen molar-refractivity contribution in [3.8, 4) is 17.2 Å². The summed E-state index contributed by atoms with van der Waals surface area (Å²) in [5, 5.41) is 17.8. The van der Waals surface area contributed by atoms with Crippen LogP contribution in [0.1, 0.15) is 16.8 Å². The molecule has 0 saturated carbocycles. The van der Waals surface area contributed by atoms with Gasteiger partial charge in [0.1, 0.15) is 11.9 Å². The van der Waals surface area contributed by atoms with Gasteiger partial charge in [0, 0.05) is 17.5 Å². The van der Waals surface area contributed by atoms with Crippen molar-refractivity contribution in [2.45, 2.75) is 12.6 Å². The number of H-pyrrole nitrogens is 1. The summed E-state index contributed by atoms with van der Waals surface area (Å²) in [6.07, 6.45) is -4.04. The van der Waals surface area contributed by atoms with Gasteiger partial charge in [-0.2, -0.15) is 18.4 Å². The number of nitriles is 1. The third-order valence-corrected chi connectivity index (χ3v) is 2.94. The highest BCUT2D eigenvalue weighted by molar-refractivity contribution is 5.76. The van der Waals surface area contributed by atoms with E-state index in [1.165, 1.54) is 6.20 Å². The number of carboxylic acids is 1. The summed E-state index contributed by atoms with van der Waals surface area (Å²) in [4.78, 5) is 13.2. The van der Waals surface area contributed by atoms with Crippen LogP contribution in [0, 0.1) is 17.1 Å². The van der Waals surface area contributed by atoms with Crippen molar-refractivity contribution in [3.63, 3.8) is 0 Å². The Morgan fingerprint density at radius 2 is 2.00 bits per heavy atom. The van der Waals surface area contributed by atoms with Crippen LogP contribution in [0.4, 0.5) is 17.6 Å². The number of hydrogen-bond donors (Lipinski definition) is 2. The number of rotatable bonds is 3. The van der Waals surface area contributed by atoms with Crippen LogP contribution in [0.25, 0.3) is 11.1 Å². The van der Waals surface area contributed by atoms with Gasteiger partial charge in [-0.15, -0.1) is 0 Å². The van der Waals surface area contributed by atoms with Gasteiger partial charge in [-0.1, -0.05) is 0 Å². The number of halogens is 4. The van der Waals surface area contributed by atoms with E-state index >= 15 is 0 Å². The molecule has 0 aliphatic heterocycles. The zero-order chi connectivity index (χ0) is 16.5. The second kappa shape index (κ2) is 5.52. The van der Waals surface area contributed by atoms with Crippen molar-refractivity contribution in [2.24, 2.45) is 0 Å². The third-order valence-electron chi connectivity index (χ3n) is 2.94. The summed E-state index contributed by atoms with van der Waals surface area (Å²) in [6, 6.07) is 3.63. The third kappa shape index (κ3) is 3.09. The van der Waals surface area contributed by atoms with Gasteiger partial charge in [0.2, 0.25) is 0 Å². The maximum absolute atomic E-state index is 13.4. The van der Waals surface area contributed by atoms with Gasteiger partial charge in [-0.3, -0.25) is 4.79 Å². The molecule has 0 aliphatic carbocycles. The summed E-state index contributed by atoms with van der Waals surface area (Å²) in [6.45, 7) is 0. The summed E-state index contributed by atoms with van der Waals surface area (Å²) in [7, 11) is 0. The highest BCUT2D eigenvalue weighted by Crippen LogP contribution is 2.34.